The van der Waals surface area contributed by atoms with Crippen molar-refractivity contribution in [2.45, 2.75) is 30.9 Å². The van der Waals surface area contributed by atoms with E-state index in [-0.39, 0.29) is 10.7 Å². The minimum Gasteiger partial charge on any atom is -0.354 e. The van der Waals surface area contributed by atoms with Crippen molar-refractivity contribution in [1.82, 2.24) is 5.32 Å². The molecule has 0 bridgehead atoms. The van der Waals surface area contributed by atoms with Crippen molar-refractivity contribution in [3.63, 3.8) is 0 Å². The zero-order chi connectivity index (χ0) is 9.73. The first-order valence-corrected chi connectivity index (χ1v) is 5.47. The van der Waals surface area contributed by atoms with E-state index in [1.807, 2.05) is 13.0 Å². The molecule has 4 heteroatoms. The summed E-state index contributed by atoms with van der Waals surface area (Å²) in [5.41, 5.74) is 0. The zero-order valence-electron chi connectivity index (χ0n) is 7.80. The van der Waals surface area contributed by atoms with E-state index in [0.29, 0.717) is 13.0 Å². The van der Waals surface area contributed by atoms with Gasteiger partial charge in [0, 0.05) is 6.54 Å². The number of carbonyl (C=O) groups is 1. The highest BCUT2D eigenvalue weighted by atomic mass is 32.2. The van der Waals surface area contributed by atoms with Gasteiger partial charge in [0.1, 0.15) is 0 Å². The quantitative estimate of drug-likeness (QED) is 0.695. The molecular weight excluding hydrogens is 184 g/mol. The highest BCUT2D eigenvalue weighted by Gasteiger charge is 2.36. The lowest BCUT2D eigenvalue weighted by Gasteiger charge is -2.20. The Labute approximate surface area is 82.9 Å². The molecule has 1 heterocycles. The SMILES string of the molecule is CC1(C(=O)NCCC#N)CCCS1. The van der Waals surface area contributed by atoms with Crippen LogP contribution < -0.4 is 5.32 Å². The van der Waals surface area contributed by atoms with Gasteiger partial charge in [0.15, 0.2) is 0 Å². The average Bonchev–Trinajstić information content (AvgIpc) is 2.54. The van der Waals surface area contributed by atoms with Crippen molar-refractivity contribution in [3.05, 3.63) is 0 Å². The fourth-order valence-corrected chi connectivity index (χ4v) is 2.61. The van der Waals surface area contributed by atoms with Gasteiger partial charge < -0.3 is 5.32 Å². The van der Waals surface area contributed by atoms with Crippen LogP contribution in [0.2, 0.25) is 0 Å². The van der Waals surface area contributed by atoms with Gasteiger partial charge in [-0.3, -0.25) is 4.79 Å². The summed E-state index contributed by atoms with van der Waals surface area (Å²) in [5.74, 6) is 1.16. The molecule has 0 aromatic heterocycles. The van der Waals surface area contributed by atoms with Crippen molar-refractivity contribution >= 4 is 17.7 Å². The zero-order valence-corrected chi connectivity index (χ0v) is 8.62. The number of hydrogen-bond donors (Lipinski definition) is 1. The Morgan fingerprint density at radius 2 is 2.54 bits per heavy atom. The van der Waals surface area contributed by atoms with Crippen LogP contribution in [0.25, 0.3) is 0 Å². The second kappa shape index (κ2) is 4.52. The number of nitrogens with zero attached hydrogens (tertiary/aromatic N) is 1. The molecule has 13 heavy (non-hydrogen) atoms. The molecule has 0 radical (unpaired) electrons. The molecule has 1 rings (SSSR count). The van der Waals surface area contributed by atoms with Crippen LogP contribution >= 0.6 is 11.8 Å². The van der Waals surface area contributed by atoms with Crippen molar-refractivity contribution in [2.24, 2.45) is 0 Å². The van der Waals surface area contributed by atoms with Gasteiger partial charge in [0.25, 0.3) is 0 Å². The molecule has 0 spiro atoms. The fraction of sp³-hybridized carbons (Fsp3) is 0.778. The Bertz CT molecular complexity index is 228. The summed E-state index contributed by atoms with van der Waals surface area (Å²) >= 11 is 1.72. The summed E-state index contributed by atoms with van der Waals surface area (Å²) in [5, 5.41) is 11.1. The van der Waals surface area contributed by atoms with Crippen molar-refractivity contribution < 1.29 is 4.79 Å². The lowest BCUT2D eigenvalue weighted by Crippen LogP contribution is -2.40. The topological polar surface area (TPSA) is 52.9 Å². The van der Waals surface area contributed by atoms with Gasteiger partial charge in [0.2, 0.25) is 5.91 Å². The molecule has 0 aliphatic carbocycles. The Morgan fingerprint density at radius 3 is 3.08 bits per heavy atom. The Kier molecular flexibility index (Phi) is 3.61. The van der Waals surface area contributed by atoms with Gasteiger partial charge in [-0.25, -0.2) is 0 Å². The minimum absolute atomic E-state index is 0.0882. The third kappa shape index (κ3) is 2.63. The van der Waals surface area contributed by atoms with E-state index in [1.165, 1.54) is 0 Å². The van der Waals surface area contributed by atoms with E-state index in [1.54, 1.807) is 11.8 Å². The number of thioether (sulfide) groups is 1. The number of nitriles is 1. The minimum atomic E-state index is -0.241. The Morgan fingerprint density at radius 1 is 1.77 bits per heavy atom. The lowest BCUT2D eigenvalue weighted by molar-refractivity contribution is -0.123. The Balaban J connectivity index is 2.34. The second-order valence-electron chi connectivity index (χ2n) is 3.35. The molecule has 1 atom stereocenters. The van der Waals surface area contributed by atoms with Crippen LogP contribution in [0.4, 0.5) is 0 Å². The molecule has 1 saturated heterocycles. The number of carbonyl (C=O) groups excluding carboxylic acids is 1. The van der Waals surface area contributed by atoms with Crippen LogP contribution in [0.5, 0.6) is 0 Å². The third-order valence-electron chi connectivity index (χ3n) is 2.22. The molecule has 72 valence electrons. The van der Waals surface area contributed by atoms with E-state index in [0.717, 1.165) is 18.6 Å². The van der Waals surface area contributed by atoms with Crippen LogP contribution in [0.1, 0.15) is 26.2 Å². The monoisotopic (exact) mass is 198 g/mol. The number of nitrogens with one attached hydrogen (secondary N) is 1. The van der Waals surface area contributed by atoms with E-state index in [9.17, 15) is 4.79 Å². The fourth-order valence-electron chi connectivity index (χ4n) is 1.38. The van der Waals surface area contributed by atoms with Crippen LogP contribution in [-0.2, 0) is 4.79 Å². The first-order chi connectivity index (χ1) is 6.19. The summed E-state index contributed by atoms with van der Waals surface area (Å²) in [6.07, 6.45) is 2.47. The van der Waals surface area contributed by atoms with Crippen LogP contribution in [0.15, 0.2) is 0 Å². The van der Waals surface area contributed by atoms with Gasteiger partial charge in [-0.2, -0.15) is 5.26 Å². The maximum absolute atomic E-state index is 11.6. The molecule has 3 nitrogen and oxygen atoms in total. The Hall–Kier alpha value is -0.690. The van der Waals surface area contributed by atoms with Gasteiger partial charge in [-0.15, -0.1) is 11.8 Å². The molecule has 0 aromatic rings. The molecule has 0 saturated carbocycles. The number of amides is 1. The van der Waals surface area contributed by atoms with Crippen molar-refractivity contribution in [1.29, 1.82) is 5.26 Å². The largest absolute Gasteiger partial charge is 0.354 e. The predicted molar refractivity (Wildman–Crippen MR) is 53.3 cm³/mol. The van der Waals surface area contributed by atoms with E-state index < -0.39 is 0 Å². The maximum Gasteiger partial charge on any atom is 0.235 e. The van der Waals surface area contributed by atoms with E-state index >= 15 is 0 Å². The normalized spacial score (nSPS) is 26.8. The van der Waals surface area contributed by atoms with E-state index in [4.69, 9.17) is 5.26 Å². The van der Waals surface area contributed by atoms with Gasteiger partial charge in [-0.1, -0.05) is 0 Å². The molecule has 1 unspecified atom stereocenters. The van der Waals surface area contributed by atoms with Crippen molar-refractivity contribution in [2.75, 3.05) is 12.3 Å². The maximum atomic E-state index is 11.6. The van der Waals surface area contributed by atoms with Crippen LogP contribution in [0.3, 0.4) is 0 Å². The highest BCUT2D eigenvalue weighted by Crippen LogP contribution is 2.37. The first-order valence-electron chi connectivity index (χ1n) is 4.48. The molecule has 1 aliphatic heterocycles. The standard InChI is InChI=1S/C9H14N2OS/c1-9(4-2-7-13-9)8(12)11-6-3-5-10/h2-4,6-7H2,1H3,(H,11,12). The molecular formula is C9H14N2OS. The van der Waals surface area contributed by atoms with Crippen molar-refractivity contribution in [3.8, 4) is 6.07 Å². The molecule has 1 fully saturated rings. The average molecular weight is 198 g/mol. The first kappa shape index (κ1) is 10.4. The van der Waals surface area contributed by atoms with Gasteiger partial charge in [-0.05, 0) is 25.5 Å². The lowest BCUT2D eigenvalue weighted by atomic mass is 10.1. The molecule has 1 N–H and O–H groups in total. The summed E-state index contributed by atoms with van der Waals surface area (Å²) in [6.45, 7) is 2.46. The summed E-state index contributed by atoms with van der Waals surface area (Å²) in [7, 11) is 0. The number of rotatable bonds is 3. The van der Waals surface area contributed by atoms with E-state index in [2.05, 4.69) is 5.32 Å². The van der Waals surface area contributed by atoms with Gasteiger partial charge in [0.05, 0.1) is 17.2 Å². The summed E-state index contributed by atoms with van der Waals surface area (Å²) < 4.78 is -0.241. The summed E-state index contributed by atoms with van der Waals surface area (Å²) in [4.78, 5) is 11.6. The second-order valence-corrected chi connectivity index (χ2v) is 4.94. The predicted octanol–water partition coefficient (Wildman–Crippen LogP) is 1.30. The van der Waals surface area contributed by atoms with Crippen LogP contribution in [0, 0.1) is 11.3 Å². The van der Waals surface area contributed by atoms with Crippen LogP contribution in [-0.4, -0.2) is 23.0 Å². The highest BCUT2D eigenvalue weighted by molar-refractivity contribution is 8.01. The smallest absolute Gasteiger partial charge is 0.235 e. The number of hydrogen-bond acceptors (Lipinski definition) is 3. The third-order valence-corrected chi connectivity index (χ3v) is 3.74. The summed E-state index contributed by atoms with van der Waals surface area (Å²) in [6, 6.07) is 2.00. The van der Waals surface area contributed by atoms with Gasteiger partial charge >= 0.3 is 0 Å². The molecule has 1 amide bonds. The molecule has 0 aromatic carbocycles. The molecule has 1 aliphatic rings.